The minimum atomic E-state index is 0.385. The molecule has 98 valence electrons. The molecule has 2 aromatic carbocycles. The quantitative estimate of drug-likeness (QED) is 0.596. The summed E-state index contributed by atoms with van der Waals surface area (Å²) in [5.41, 5.74) is 1.34. The lowest BCUT2D eigenvalue weighted by Crippen LogP contribution is -2.19. The lowest BCUT2D eigenvalue weighted by atomic mass is 10.0. The van der Waals surface area contributed by atoms with E-state index in [0.717, 1.165) is 25.8 Å². The molecule has 0 radical (unpaired) electrons. The Hall–Kier alpha value is -1.78. The van der Waals surface area contributed by atoms with Crippen LogP contribution in [0.2, 0.25) is 0 Å². The highest BCUT2D eigenvalue weighted by atomic mass is 14.9. The van der Waals surface area contributed by atoms with E-state index in [1.165, 1.54) is 16.3 Å². The van der Waals surface area contributed by atoms with Crippen LogP contribution in [0, 0.1) is 12.3 Å². The Kier molecular flexibility index (Phi) is 5.01. The summed E-state index contributed by atoms with van der Waals surface area (Å²) in [6.07, 6.45) is 8.37. The molecule has 1 unspecified atom stereocenters. The Labute approximate surface area is 116 Å². The summed E-state index contributed by atoms with van der Waals surface area (Å²) in [6.45, 7) is 3.24. The predicted octanol–water partition coefficient (Wildman–Crippen LogP) is 4.29. The third-order valence-corrected chi connectivity index (χ3v) is 3.47. The molecular formula is C18H21N. The van der Waals surface area contributed by atoms with E-state index in [2.05, 4.69) is 60.6 Å². The molecular weight excluding hydrogens is 230 g/mol. The predicted molar refractivity (Wildman–Crippen MR) is 83.0 cm³/mol. The third-order valence-electron chi connectivity index (χ3n) is 3.47. The summed E-state index contributed by atoms with van der Waals surface area (Å²) in [5, 5.41) is 6.16. The highest BCUT2D eigenvalue weighted by molar-refractivity contribution is 5.83. The van der Waals surface area contributed by atoms with E-state index in [1.54, 1.807) is 0 Å². The van der Waals surface area contributed by atoms with Gasteiger partial charge in [0.1, 0.15) is 0 Å². The first kappa shape index (κ1) is 13.6. The van der Waals surface area contributed by atoms with Gasteiger partial charge in [0.05, 0.1) is 0 Å². The number of fused-ring (bicyclic) bond motifs is 1. The van der Waals surface area contributed by atoms with Crippen molar-refractivity contribution in [3.8, 4) is 12.3 Å². The highest BCUT2D eigenvalue weighted by Crippen LogP contribution is 2.20. The average Bonchev–Trinajstić information content (AvgIpc) is 2.46. The van der Waals surface area contributed by atoms with Crippen LogP contribution in [0.5, 0.6) is 0 Å². The smallest absolute Gasteiger partial charge is 0.0292 e. The van der Waals surface area contributed by atoms with Gasteiger partial charge in [-0.2, -0.15) is 0 Å². The van der Waals surface area contributed by atoms with Crippen LogP contribution < -0.4 is 5.32 Å². The molecule has 1 atom stereocenters. The van der Waals surface area contributed by atoms with Crippen molar-refractivity contribution in [1.29, 1.82) is 0 Å². The van der Waals surface area contributed by atoms with Gasteiger partial charge >= 0.3 is 0 Å². The molecule has 0 amide bonds. The first-order valence-electron chi connectivity index (χ1n) is 6.97. The maximum Gasteiger partial charge on any atom is 0.0292 e. The number of benzene rings is 2. The van der Waals surface area contributed by atoms with Crippen LogP contribution in [-0.2, 0) is 0 Å². The molecule has 1 nitrogen and oxygen atoms in total. The fraction of sp³-hybridized carbons (Fsp3) is 0.333. The number of nitrogens with one attached hydrogen (secondary N) is 1. The minimum absolute atomic E-state index is 0.385. The monoisotopic (exact) mass is 251 g/mol. The molecule has 0 aliphatic carbocycles. The van der Waals surface area contributed by atoms with Crippen LogP contribution >= 0.6 is 0 Å². The molecule has 0 heterocycles. The van der Waals surface area contributed by atoms with Gasteiger partial charge in [-0.1, -0.05) is 36.4 Å². The Morgan fingerprint density at radius 2 is 1.89 bits per heavy atom. The standard InChI is InChI=1S/C18H21N/c1-3-4-5-8-13-19-15(2)17-12-11-16-9-6-7-10-18(16)14-17/h1,6-7,9-12,14-15,19H,4-5,8,13H2,2H3. The van der Waals surface area contributed by atoms with Gasteiger partial charge in [0.2, 0.25) is 0 Å². The van der Waals surface area contributed by atoms with Crippen LogP contribution in [0.3, 0.4) is 0 Å². The van der Waals surface area contributed by atoms with Crippen molar-refractivity contribution in [1.82, 2.24) is 5.32 Å². The number of terminal acetylenes is 1. The molecule has 19 heavy (non-hydrogen) atoms. The first-order chi connectivity index (χ1) is 9.31. The lowest BCUT2D eigenvalue weighted by molar-refractivity contribution is 0.550. The van der Waals surface area contributed by atoms with Gasteiger partial charge in [-0.25, -0.2) is 0 Å². The second-order valence-electron chi connectivity index (χ2n) is 4.94. The van der Waals surface area contributed by atoms with Gasteiger partial charge in [-0.3, -0.25) is 0 Å². The fourth-order valence-corrected chi connectivity index (χ4v) is 2.27. The molecule has 0 saturated heterocycles. The summed E-state index contributed by atoms with van der Waals surface area (Å²) in [7, 11) is 0. The Morgan fingerprint density at radius 3 is 2.68 bits per heavy atom. The molecule has 0 aromatic heterocycles. The molecule has 0 bridgehead atoms. The highest BCUT2D eigenvalue weighted by Gasteiger charge is 2.04. The van der Waals surface area contributed by atoms with Crippen molar-refractivity contribution in [2.24, 2.45) is 0 Å². The zero-order chi connectivity index (χ0) is 13.5. The fourth-order valence-electron chi connectivity index (χ4n) is 2.27. The van der Waals surface area contributed by atoms with Gasteiger partial charge in [-0.15, -0.1) is 12.3 Å². The topological polar surface area (TPSA) is 12.0 Å². The number of hydrogen-bond acceptors (Lipinski definition) is 1. The Bertz CT molecular complexity index is 565. The molecule has 0 aliphatic heterocycles. The van der Waals surface area contributed by atoms with Crippen LogP contribution in [0.15, 0.2) is 42.5 Å². The molecule has 2 rings (SSSR count). The van der Waals surface area contributed by atoms with E-state index >= 15 is 0 Å². The first-order valence-corrected chi connectivity index (χ1v) is 6.97. The van der Waals surface area contributed by atoms with E-state index in [-0.39, 0.29) is 0 Å². The Morgan fingerprint density at radius 1 is 1.11 bits per heavy atom. The molecule has 2 aromatic rings. The van der Waals surface area contributed by atoms with E-state index in [4.69, 9.17) is 6.42 Å². The van der Waals surface area contributed by atoms with E-state index in [0.29, 0.717) is 6.04 Å². The van der Waals surface area contributed by atoms with Crippen LogP contribution in [0.25, 0.3) is 10.8 Å². The summed E-state index contributed by atoms with van der Waals surface area (Å²) in [6, 6.07) is 15.5. The zero-order valence-electron chi connectivity index (χ0n) is 11.5. The second kappa shape index (κ2) is 6.97. The van der Waals surface area contributed by atoms with Crippen LogP contribution in [-0.4, -0.2) is 6.54 Å². The van der Waals surface area contributed by atoms with Crippen molar-refractivity contribution < 1.29 is 0 Å². The molecule has 0 aliphatic rings. The number of rotatable bonds is 6. The third kappa shape index (κ3) is 3.84. The second-order valence-corrected chi connectivity index (χ2v) is 4.94. The molecule has 0 saturated carbocycles. The van der Waals surface area contributed by atoms with E-state index in [9.17, 15) is 0 Å². The SMILES string of the molecule is C#CCCCCNC(C)c1ccc2ccccc2c1. The molecule has 1 heteroatoms. The van der Waals surface area contributed by atoms with Gasteiger partial charge in [-0.05, 0) is 48.7 Å². The lowest BCUT2D eigenvalue weighted by Gasteiger charge is -2.14. The summed E-state index contributed by atoms with van der Waals surface area (Å²) < 4.78 is 0. The Balaban J connectivity index is 1.93. The number of hydrogen-bond donors (Lipinski definition) is 1. The summed E-state index contributed by atoms with van der Waals surface area (Å²) >= 11 is 0. The van der Waals surface area contributed by atoms with E-state index < -0.39 is 0 Å². The maximum absolute atomic E-state index is 5.24. The largest absolute Gasteiger partial charge is 0.310 e. The van der Waals surface area contributed by atoms with Crippen LogP contribution in [0.1, 0.15) is 37.8 Å². The van der Waals surface area contributed by atoms with Crippen molar-refractivity contribution in [2.45, 2.75) is 32.2 Å². The minimum Gasteiger partial charge on any atom is -0.310 e. The molecule has 0 spiro atoms. The van der Waals surface area contributed by atoms with Gasteiger partial charge < -0.3 is 5.32 Å². The van der Waals surface area contributed by atoms with Crippen molar-refractivity contribution in [3.63, 3.8) is 0 Å². The zero-order valence-corrected chi connectivity index (χ0v) is 11.5. The maximum atomic E-state index is 5.24. The molecule has 1 N–H and O–H groups in total. The van der Waals surface area contributed by atoms with Crippen molar-refractivity contribution >= 4 is 10.8 Å². The molecule has 0 fully saturated rings. The average molecular weight is 251 g/mol. The van der Waals surface area contributed by atoms with Gasteiger partial charge in [0.25, 0.3) is 0 Å². The van der Waals surface area contributed by atoms with Crippen LogP contribution in [0.4, 0.5) is 0 Å². The number of unbranched alkanes of at least 4 members (excludes halogenated alkanes) is 2. The van der Waals surface area contributed by atoms with E-state index in [1.807, 2.05) is 0 Å². The van der Waals surface area contributed by atoms with Gasteiger partial charge in [0, 0.05) is 12.5 Å². The summed E-state index contributed by atoms with van der Waals surface area (Å²) in [4.78, 5) is 0. The van der Waals surface area contributed by atoms with Crippen molar-refractivity contribution in [3.05, 3.63) is 48.0 Å². The summed E-state index contributed by atoms with van der Waals surface area (Å²) in [5.74, 6) is 2.68. The normalized spacial score (nSPS) is 12.2. The van der Waals surface area contributed by atoms with Gasteiger partial charge in [0.15, 0.2) is 0 Å². The van der Waals surface area contributed by atoms with Crippen molar-refractivity contribution in [2.75, 3.05) is 6.54 Å².